The Labute approximate surface area is 109 Å². The van der Waals surface area contributed by atoms with Crippen molar-refractivity contribution in [1.82, 2.24) is 0 Å². The van der Waals surface area contributed by atoms with Gasteiger partial charge in [-0.1, -0.05) is 24.3 Å². The number of aromatic hydroxyl groups is 1. The van der Waals surface area contributed by atoms with E-state index in [-0.39, 0.29) is 17.7 Å². The van der Waals surface area contributed by atoms with Crippen LogP contribution in [0.15, 0.2) is 36.4 Å². The normalized spacial score (nSPS) is 10.4. The van der Waals surface area contributed by atoms with E-state index in [1.165, 1.54) is 19.1 Å². The molecule has 98 valence electrons. The van der Waals surface area contributed by atoms with Gasteiger partial charge in [0.1, 0.15) is 11.6 Å². The third kappa shape index (κ3) is 2.73. The van der Waals surface area contributed by atoms with E-state index in [0.29, 0.717) is 16.7 Å². The molecule has 0 aliphatic heterocycles. The second kappa shape index (κ2) is 5.10. The second-order valence-electron chi connectivity index (χ2n) is 4.34. The lowest BCUT2D eigenvalue weighted by molar-refractivity contribution is -0.136. The Morgan fingerprint density at radius 3 is 2.68 bits per heavy atom. The lowest BCUT2D eigenvalue weighted by atomic mass is 9.99. The average molecular weight is 260 g/mol. The molecule has 2 aromatic carbocycles. The summed E-state index contributed by atoms with van der Waals surface area (Å²) in [5.41, 5.74) is 1.97. The van der Waals surface area contributed by atoms with Gasteiger partial charge in [0.05, 0.1) is 6.42 Å². The van der Waals surface area contributed by atoms with Gasteiger partial charge in [-0.05, 0) is 30.2 Å². The molecule has 0 aliphatic carbocycles. The molecule has 0 amide bonds. The van der Waals surface area contributed by atoms with Crippen LogP contribution in [0.4, 0.5) is 4.39 Å². The van der Waals surface area contributed by atoms with E-state index in [1.807, 2.05) is 0 Å². The van der Waals surface area contributed by atoms with Crippen LogP contribution in [-0.4, -0.2) is 16.2 Å². The molecule has 2 rings (SSSR count). The van der Waals surface area contributed by atoms with Crippen molar-refractivity contribution in [3.8, 4) is 16.9 Å². The smallest absolute Gasteiger partial charge is 0.307 e. The highest BCUT2D eigenvalue weighted by molar-refractivity contribution is 5.75. The topological polar surface area (TPSA) is 57.5 Å². The van der Waals surface area contributed by atoms with Crippen LogP contribution in [0, 0.1) is 12.7 Å². The first kappa shape index (κ1) is 13.1. The maximum atomic E-state index is 13.3. The van der Waals surface area contributed by atoms with E-state index in [0.717, 1.165) is 0 Å². The molecule has 0 radical (unpaired) electrons. The van der Waals surface area contributed by atoms with E-state index in [2.05, 4.69) is 0 Å². The van der Waals surface area contributed by atoms with Crippen LogP contribution >= 0.6 is 0 Å². The maximum absolute atomic E-state index is 13.3. The van der Waals surface area contributed by atoms with Gasteiger partial charge in [0.25, 0.3) is 0 Å². The quantitative estimate of drug-likeness (QED) is 0.891. The molecule has 0 atom stereocenters. The summed E-state index contributed by atoms with van der Waals surface area (Å²) in [6.07, 6.45) is -0.0885. The molecule has 0 heterocycles. The minimum Gasteiger partial charge on any atom is -0.507 e. The summed E-state index contributed by atoms with van der Waals surface area (Å²) in [7, 11) is 0. The van der Waals surface area contributed by atoms with E-state index in [9.17, 15) is 14.3 Å². The molecular weight excluding hydrogens is 247 g/mol. The zero-order valence-electron chi connectivity index (χ0n) is 10.4. The molecular formula is C15H13FO3. The molecule has 19 heavy (non-hydrogen) atoms. The van der Waals surface area contributed by atoms with Gasteiger partial charge < -0.3 is 10.2 Å². The first-order valence-electron chi connectivity index (χ1n) is 5.78. The fraction of sp³-hybridized carbons (Fsp3) is 0.133. The number of benzene rings is 2. The number of halogens is 1. The van der Waals surface area contributed by atoms with Crippen LogP contribution in [0.1, 0.15) is 11.1 Å². The molecule has 0 spiro atoms. The van der Waals surface area contributed by atoms with Crippen LogP contribution in [0.5, 0.6) is 5.75 Å². The summed E-state index contributed by atoms with van der Waals surface area (Å²) >= 11 is 0. The SMILES string of the molecule is Cc1c(F)ccc(-c2cccc(CC(=O)O)c2)c1O. The molecule has 0 saturated heterocycles. The van der Waals surface area contributed by atoms with Gasteiger partial charge in [-0.15, -0.1) is 0 Å². The largest absolute Gasteiger partial charge is 0.507 e. The number of phenolic OH excluding ortho intramolecular Hbond substituents is 1. The van der Waals surface area contributed by atoms with Crippen molar-refractivity contribution < 1.29 is 19.4 Å². The summed E-state index contributed by atoms with van der Waals surface area (Å²) in [5.74, 6) is -1.51. The number of rotatable bonds is 3. The average Bonchev–Trinajstić information content (AvgIpc) is 2.36. The van der Waals surface area contributed by atoms with Crippen molar-refractivity contribution in [3.63, 3.8) is 0 Å². The first-order valence-corrected chi connectivity index (χ1v) is 5.78. The summed E-state index contributed by atoms with van der Waals surface area (Å²) in [4.78, 5) is 10.7. The number of phenols is 1. The monoisotopic (exact) mass is 260 g/mol. The van der Waals surface area contributed by atoms with Gasteiger partial charge in [-0.25, -0.2) is 4.39 Å². The fourth-order valence-corrected chi connectivity index (χ4v) is 1.93. The number of aliphatic carboxylic acids is 1. The third-order valence-corrected chi connectivity index (χ3v) is 2.96. The Balaban J connectivity index is 2.47. The summed E-state index contributed by atoms with van der Waals surface area (Å²) < 4.78 is 13.3. The van der Waals surface area contributed by atoms with Gasteiger partial charge >= 0.3 is 5.97 Å². The highest BCUT2D eigenvalue weighted by Gasteiger charge is 2.11. The number of hydrogen-bond donors (Lipinski definition) is 2. The molecule has 0 unspecified atom stereocenters. The number of carbonyl (C=O) groups is 1. The van der Waals surface area contributed by atoms with Crippen LogP contribution in [0.2, 0.25) is 0 Å². The molecule has 4 heteroatoms. The van der Waals surface area contributed by atoms with Crippen molar-refractivity contribution in [2.75, 3.05) is 0 Å². The van der Waals surface area contributed by atoms with E-state index in [1.54, 1.807) is 24.3 Å². The Kier molecular flexibility index (Phi) is 3.51. The molecule has 0 fully saturated rings. The van der Waals surface area contributed by atoms with Crippen LogP contribution in [0.25, 0.3) is 11.1 Å². The zero-order valence-corrected chi connectivity index (χ0v) is 10.4. The Morgan fingerprint density at radius 2 is 2.00 bits per heavy atom. The molecule has 0 aromatic heterocycles. The van der Waals surface area contributed by atoms with Crippen molar-refractivity contribution in [1.29, 1.82) is 0 Å². The molecule has 0 saturated carbocycles. The first-order chi connectivity index (χ1) is 8.99. The van der Waals surface area contributed by atoms with Crippen molar-refractivity contribution >= 4 is 5.97 Å². The molecule has 0 bridgehead atoms. The summed E-state index contributed by atoms with van der Waals surface area (Å²) in [6, 6.07) is 9.61. The minimum atomic E-state index is -0.920. The highest BCUT2D eigenvalue weighted by atomic mass is 19.1. The molecule has 2 aromatic rings. The van der Waals surface area contributed by atoms with E-state index < -0.39 is 11.8 Å². The zero-order chi connectivity index (χ0) is 14.0. The van der Waals surface area contributed by atoms with Gasteiger partial charge in [0.15, 0.2) is 0 Å². The predicted molar refractivity (Wildman–Crippen MR) is 69.6 cm³/mol. The fourth-order valence-electron chi connectivity index (χ4n) is 1.93. The van der Waals surface area contributed by atoms with Crippen molar-refractivity contribution in [2.45, 2.75) is 13.3 Å². The summed E-state index contributed by atoms with van der Waals surface area (Å²) in [6.45, 7) is 1.50. The van der Waals surface area contributed by atoms with Gasteiger partial charge in [-0.2, -0.15) is 0 Å². The number of carboxylic acids is 1. The Morgan fingerprint density at radius 1 is 1.26 bits per heavy atom. The van der Waals surface area contributed by atoms with Gasteiger partial charge in [0.2, 0.25) is 0 Å². The van der Waals surface area contributed by atoms with Crippen LogP contribution < -0.4 is 0 Å². The minimum absolute atomic E-state index is 0.0885. The molecule has 3 nitrogen and oxygen atoms in total. The van der Waals surface area contributed by atoms with Crippen molar-refractivity contribution in [2.24, 2.45) is 0 Å². The van der Waals surface area contributed by atoms with E-state index >= 15 is 0 Å². The number of hydrogen-bond acceptors (Lipinski definition) is 2. The molecule has 0 aliphatic rings. The van der Waals surface area contributed by atoms with Crippen molar-refractivity contribution in [3.05, 3.63) is 53.3 Å². The van der Waals surface area contributed by atoms with Crippen LogP contribution in [-0.2, 0) is 11.2 Å². The predicted octanol–water partition coefficient (Wildman–Crippen LogP) is 3.13. The maximum Gasteiger partial charge on any atom is 0.307 e. The van der Waals surface area contributed by atoms with E-state index in [4.69, 9.17) is 5.11 Å². The lowest BCUT2D eigenvalue weighted by Gasteiger charge is -2.09. The number of carboxylic acid groups (broad SMARTS) is 1. The standard InChI is InChI=1S/C15H13FO3/c1-9-13(16)6-5-12(15(9)19)11-4-2-3-10(7-11)8-14(17)18/h2-7,19H,8H2,1H3,(H,17,18). The van der Waals surface area contributed by atoms with Gasteiger partial charge in [-0.3, -0.25) is 4.79 Å². The second-order valence-corrected chi connectivity index (χ2v) is 4.34. The Bertz CT molecular complexity index is 635. The van der Waals surface area contributed by atoms with Gasteiger partial charge in [0, 0.05) is 11.1 Å². The summed E-state index contributed by atoms with van der Waals surface area (Å²) in [5, 5.41) is 18.7. The Hall–Kier alpha value is -2.36. The lowest BCUT2D eigenvalue weighted by Crippen LogP contribution is -1.99. The van der Waals surface area contributed by atoms with Crippen LogP contribution in [0.3, 0.4) is 0 Å². The highest BCUT2D eigenvalue weighted by Crippen LogP contribution is 2.33. The molecule has 2 N–H and O–H groups in total. The third-order valence-electron chi connectivity index (χ3n) is 2.96.